The Labute approximate surface area is 207 Å². The van der Waals surface area contributed by atoms with Gasteiger partial charge in [-0.05, 0) is 43.5 Å². The first kappa shape index (κ1) is 23.3. The molecule has 11 nitrogen and oxygen atoms in total. The molecule has 5 aromatic rings. The largest absolute Gasteiger partial charge is 0.335 e. The SMILES string of the molecule is CCCCc1cn(-c2ncnn2C(C)C)c(=O)n1Cc1ccc(-c2ccccc2-c2nn[nH]n2)nc1. The Morgan fingerprint density at radius 1 is 1.06 bits per heavy atom. The maximum absolute atomic E-state index is 13.5. The number of hydrogen-bond acceptors (Lipinski definition) is 7. The molecule has 1 N–H and O–H groups in total. The second-order valence-corrected chi connectivity index (χ2v) is 8.89. The van der Waals surface area contributed by atoms with E-state index in [0.717, 1.165) is 47.3 Å². The van der Waals surface area contributed by atoms with E-state index in [9.17, 15) is 4.79 Å². The Bertz CT molecular complexity index is 1490. The summed E-state index contributed by atoms with van der Waals surface area (Å²) in [6.45, 7) is 6.59. The van der Waals surface area contributed by atoms with E-state index < -0.39 is 0 Å². The molecule has 0 spiro atoms. The Balaban J connectivity index is 1.47. The summed E-state index contributed by atoms with van der Waals surface area (Å²) in [5, 5.41) is 18.7. The summed E-state index contributed by atoms with van der Waals surface area (Å²) in [6.07, 6.45) is 8.02. The molecule has 4 aromatic heterocycles. The van der Waals surface area contributed by atoms with E-state index in [0.29, 0.717) is 18.3 Å². The molecule has 0 aliphatic rings. The highest BCUT2D eigenvalue weighted by atomic mass is 16.2. The van der Waals surface area contributed by atoms with E-state index in [1.54, 1.807) is 13.8 Å². The number of nitrogens with zero attached hydrogens (tertiary/aromatic N) is 9. The number of aryl methyl sites for hydroxylation is 1. The molecular formula is C25H28N10O. The average molecular weight is 485 g/mol. The molecule has 1 aromatic carbocycles. The summed E-state index contributed by atoms with van der Waals surface area (Å²) in [5.74, 6) is 1.04. The fraction of sp³-hybridized carbons (Fsp3) is 0.320. The average Bonchev–Trinajstić information content (AvgIpc) is 3.65. The smallest absolute Gasteiger partial charge is 0.291 e. The zero-order valence-electron chi connectivity index (χ0n) is 20.5. The highest BCUT2D eigenvalue weighted by Gasteiger charge is 2.18. The van der Waals surface area contributed by atoms with Gasteiger partial charge in [0.25, 0.3) is 0 Å². The lowest BCUT2D eigenvalue weighted by Crippen LogP contribution is -2.27. The number of tetrazole rings is 1. The van der Waals surface area contributed by atoms with Gasteiger partial charge in [0.05, 0.1) is 18.3 Å². The Kier molecular flexibility index (Phi) is 6.52. The van der Waals surface area contributed by atoms with Crippen LogP contribution in [0.1, 0.15) is 50.9 Å². The Morgan fingerprint density at radius 3 is 2.58 bits per heavy atom. The number of unbranched alkanes of at least 4 members (excludes halogenated alkanes) is 1. The second-order valence-electron chi connectivity index (χ2n) is 8.89. The normalized spacial score (nSPS) is 11.4. The van der Waals surface area contributed by atoms with Crippen molar-refractivity contribution in [2.75, 3.05) is 0 Å². The van der Waals surface area contributed by atoms with Crippen LogP contribution >= 0.6 is 0 Å². The van der Waals surface area contributed by atoms with Crippen molar-refractivity contribution in [2.24, 2.45) is 0 Å². The van der Waals surface area contributed by atoms with Crippen LogP contribution in [0.4, 0.5) is 0 Å². The minimum absolute atomic E-state index is 0.0870. The molecule has 0 saturated heterocycles. The van der Waals surface area contributed by atoms with Crippen molar-refractivity contribution in [1.82, 2.24) is 49.5 Å². The van der Waals surface area contributed by atoms with Crippen molar-refractivity contribution in [3.05, 3.63) is 76.9 Å². The lowest BCUT2D eigenvalue weighted by atomic mass is 10.0. The molecule has 4 heterocycles. The van der Waals surface area contributed by atoms with Crippen LogP contribution in [0, 0.1) is 0 Å². The molecule has 0 aliphatic carbocycles. The van der Waals surface area contributed by atoms with Crippen LogP contribution in [0.25, 0.3) is 28.6 Å². The van der Waals surface area contributed by atoms with Gasteiger partial charge in [0.1, 0.15) is 6.33 Å². The molecular weight excluding hydrogens is 456 g/mol. The third kappa shape index (κ3) is 4.47. The second kappa shape index (κ2) is 10.1. The lowest BCUT2D eigenvalue weighted by Gasteiger charge is -2.09. The van der Waals surface area contributed by atoms with Crippen LogP contribution in [0.2, 0.25) is 0 Å². The van der Waals surface area contributed by atoms with Crippen molar-refractivity contribution in [3.8, 4) is 28.6 Å². The highest BCUT2D eigenvalue weighted by molar-refractivity contribution is 5.78. The maximum atomic E-state index is 13.5. The van der Waals surface area contributed by atoms with Gasteiger partial charge < -0.3 is 0 Å². The number of aromatic amines is 1. The molecule has 11 heteroatoms. The van der Waals surface area contributed by atoms with Gasteiger partial charge in [-0.3, -0.25) is 9.55 Å². The van der Waals surface area contributed by atoms with Gasteiger partial charge >= 0.3 is 5.69 Å². The van der Waals surface area contributed by atoms with Crippen molar-refractivity contribution in [1.29, 1.82) is 0 Å². The molecule has 0 saturated carbocycles. The van der Waals surface area contributed by atoms with Gasteiger partial charge in [0, 0.05) is 29.2 Å². The summed E-state index contributed by atoms with van der Waals surface area (Å²) in [4.78, 5) is 22.5. The summed E-state index contributed by atoms with van der Waals surface area (Å²) in [6, 6.07) is 11.8. The predicted octanol–water partition coefficient (Wildman–Crippen LogP) is 3.44. The number of imidazole rings is 1. The molecule has 0 unspecified atom stereocenters. The van der Waals surface area contributed by atoms with Crippen LogP contribution in [-0.2, 0) is 13.0 Å². The number of aromatic nitrogens is 10. The summed E-state index contributed by atoms with van der Waals surface area (Å²) < 4.78 is 5.16. The van der Waals surface area contributed by atoms with Crippen LogP contribution in [0.5, 0.6) is 0 Å². The van der Waals surface area contributed by atoms with Crippen LogP contribution in [0.3, 0.4) is 0 Å². The molecule has 36 heavy (non-hydrogen) atoms. The van der Waals surface area contributed by atoms with Crippen molar-refractivity contribution in [2.45, 2.75) is 52.6 Å². The zero-order valence-corrected chi connectivity index (χ0v) is 20.5. The number of H-pyrrole nitrogens is 1. The van der Waals surface area contributed by atoms with E-state index in [4.69, 9.17) is 4.98 Å². The summed E-state index contributed by atoms with van der Waals surface area (Å²) in [7, 11) is 0. The number of hydrogen-bond donors (Lipinski definition) is 1. The van der Waals surface area contributed by atoms with Gasteiger partial charge in [-0.25, -0.2) is 14.0 Å². The van der Waals surface area contributed by atoms with Gasteiger partial charge in [-0.15, -0.1) is 10.2 Å². The van der Waals surface area contributed by atoms with Gasteiger partial charge in [-0.1, -0.05) is 43.7 Å². The zero-order chi connectivity index (χ0) is 25.1. The number of benzene rings is 1. The van der Waals surface area contributed by atoms with E-state index in [1.807, 2.05) is 62.6 Å². The standard InChI is InChI=1S/C25H28N10O/c1-4-5-8-19-15-34(24-27-16-28-35(24)17(2)3)25(36)33(19)14-18-11-12-22(26-13-18)20-9-6-7-10-21(20)23-29-31-32-30-23/h6-7,9-13,15-17H,4-5,8,14H2,1-3H3,(H,29,30,31,32). The van der Waals surface area contributed by atoms with Gasteiger partial charge in [0.2, 0.25) is 11.8 Å². The quantitative estimate of drug-likeness (QED) is 0.340. The summed E-state index contributed by atoms with van der Waals surface area (Å²) in [5.41, 5.74) is 4.30. The van der Waals surface area contributed by atoms with Crippen LogP contribution in [0.15, 0.2) is 59.9 Å². The Morgan fingerprint density at radius 2 is 1.89 bits per heavy atom. The molecule has 5 rings (SSSR count). The fourth-order valence-electron chi connectivity index (χ4n) is 4.21. The van der Waals surface area contributed by atoms with E-state index in [1.165, 1.54) is 6.33 Å². The third-order valence-corrected chi connectivity index (χ3v) is 6.06. The minimum atomic E-state index is -0.137. The molecule has 0 atom stereocenters. The maximum Gasteiger partial charge on any atom is 0.335 e. The Hall–Kier alpha value is -4.41. The van der Waals surface area contributed by atoms with E-state index in [2.05, 4.69) is 37.6 Å². The summed E-state index contributed by atoms with van der Waals surface area (Å²) >= 11 is 0. The highest BCUT2D eigenvalue weighted by Crippen LogP contribution is 2.28. The van der Waals surface area contributed by atoms with Gasteiger partial charge in [-0.2, -0.15) is 15.3 Å². The first-order chi connectivity index (χ1) is 17.6. The number of rotatable bonds is 9. The fourth-order valence-corrected chi connectivity index (χ4v) is 4.21. The molecule has 184 valence electrons. The third-order valence-electron chi connectivity index (χ3n) is 6.06. The monoisotopic (exact) mass is 484 g/mol. The van der Waals surface area contributed by atoms with E-state index >= 15 is 0 Å². The predicted molar refractivity (Wildman–Crippen MR) is 135 cm³/mol. The molecule has 0 fully saturated rings. The first-order valence-corrected chi connectivity index (χ1v) is 12.1. The first-order valence-electron chi connectivity index (χ1n) is 12.1. The molecule has 0 bridgehead atoms. The van der Waals surface area contributed by atoms with Crippen molar-refractivity contribution in [3.63, 3.8) is 0 Å². The van der Waals surface area contributed by atoms with Gasteiger partial charge in [0.15, 0.2) is 0 Å². The van der Waals surface area contributed by atoms with Crippen LogP contribution < -0.4 is 5.69 Å². The van der Waals surface area contributed by atoms with Crippen molar-refractivity contribution >= 4 is 0 Å². The van der Waals surface area contributed by atoms with E-state index in [-0.39, 0.29) is 11.7 Å². The number of nitrogens with one attached hydrogen (secondary N) is 1. The molecule has 0 aliphatic heterocycles. The number of pyridine rings is 1. The minimum Gasteiger partial charge on any atom is -0.291 e. The molecule has 0 radical (unpaired) electrons. The lowest BCUT2D eigenvalue weighted by molar-refractivity contribution is 0.515. The van der Waals surface area contributed by atoms with Crippen LogP contribution in [-0.4, -0.2) is 49.5 Å². The molecule has 0 amide bonds. The van der Waals surface area contributed by atoms with Crippen molar-refractivity contribution < 1.29 is 0 Å². The topological polar surface area (TPSA) is 125 Å².